The van der Waals surface area contributed by atoms with Gasteiger partial charge >= 0.3 is 0 Å². The molecule has 2 aromatic heterocycles. The standard InChI is InChI=1S/C21H18N3S/c1-12-8-13(2)14(3)17(9-12)20-21-19(23-11-24(20)5)16-7-6-15(22-4)10-18(16)25-21/h6-11H,1-3,5H3/q+1. The molecule has 2 heterocycles. The molecule has 0 aliphatic carbocycles. The van der Waals surface area contributed by atoms with Gasteiger partial charge in [-0.3, -0.25) is 0 Å². The minimum absolute atomic E-state index is 0.674. The Hall–Kier alpha value is -2.77. The molecule has 0 radical (unpaired) electrons. The number of aromatic nitrogens is 2. The first-order valence-electron chi connectivity index (χ1n) is 8.16. The molecule has 0 atom stereocenters. The van der Waals surface area contributed by atoms with E-state index in [1.165, 1.54) is 32.6 Å². The summed E-state index contributed by atoms with van der Waals surface area (Å²) in [4.78, 5) is 8.24. The van der Waals surface area contributed by atoms with Crippen molar-refractivity contribution in [2.45, 2.75) is 20.8 Å². The van der Waals surface area contributed by atoms with Crippen molar-refractivity contribution in [1.82, 2.24) is 4.98 Å². The summed E-state index contributed by atoms with van der Waals surface area (Å²) in [6, 6.07) is 10.3. The van der Waals surface area contributed by atoms with Crippen LogP contribution in [0.5, 0.6) is 0 Å². The molecule has 4 rings (SSSR count). The molecular weight excluding hydrogens is 326 g/mol. The second kappa shape index (κ2) is 5.65. The van der Waals surface area contributed by atoms with E-state index in [0.717, 1.165) is 15.6 Å². The Morgan fingerprint density at radius 3 is 2.68 bits per heavy atom. The van der Waals surface area contributed by atoms with Gasteiger partial charge in [-0.2, -0.15) is 0 Å². The van der Waals surface area contributed by atoms with Crippen LogP contribution in [0.3, 0.4) is 0 Å². The van der Waals surface area contributed by atoms with E-state index in [0.29, 0.717) is 5.69 Å². The summed E-state index contributed by atoms with van der Waals surface area (Å²) in [7, 11) is 2.05. The predicted molar refractivity (Wildman–Crippen MR) is 104 cm³/mol. The summed E-state index contributed by atoms with van der Waals surface area (Å²) >= 11 is 1.72. The fourth-order valence-electron chi connectivity index (χ4n) is 3.39. The number of thiophene rings is 1. The molecule has 0 amide bonds. The summed E-state index contributed by atoms with van der Waals surface area (Å²) in [5, 5.41) is 1.12. The van der Waals surface area contributed by atoms with Crippen LogP contribution in [0, 0.1) is 27.3 Å². The number of aryl methyl sites for hydroxylation is 3. The molecule has 0 N–H and O–H groups in total. The van der Waals surface area contributed by atoms with Crippen LogP contribution in [0.25, 0.3) is 36.4 Å². The van der Waals surface area contributed by atoms with Crippen molar-refractivity contribution in [2.24, 2.45) is 7.05 Å². The van der Waals surface area contributed by atoms with E-state index >= 15 is 0 Å². The molecule has 2 aromatic carbocycles. The molecule has 3 nitrogen and oxygen atoms in total. The Balaban J connectivity index is 2.14. The highest BCUT2D eigenvalue weighted by molar-refractivity contribution is 7.26. The van der Waals surface area contributed by atoms with E-state index in [-0.39, 0.29) is 0 Å². The minimum atomic E-state index is 0.674. The Bertz CT molecular complexity index is 1200. The highest BCUT2D eigenvalue weighted by Gasteiger charge is 2.22. The molecule has 0 unspecified atom stereocenters. The topological polar surface area (TPSA) is 21.1 Å². The smallest absolute Gasteiger partial charge is 0.238 e. The van der Waals surface area contributed by atoms with Crippen molar-refractivity contribution in [3.05, 3.63) is 64.8 Å². The lowest BCUT2D eigenvalue weighted by atomic mass is 9.97. The maximum Gasteiger partial charge on any atom is 0.287 e. The van der Waals surface area contributed by atoms with Gasteiger partial charge in [-0.1, -0.05) is 23.8 Å². The average Bonchev–Trinajstić information content (AvgIpc) is 2.95. The summed E-state index contributed by atoms with van der Waals surface area (Å²) in [5.41, 5.74) is 8.00. The van der Waals surface area contributed by atoms with Gasteiger partial charge in [0.15, 0.2) is 11.4 Å². The van der Waals surface area contributed by atoms with Gasteiger partial charge < -0.3 is 0 Å². The molecule has 25 heavy (non-hydrogen) atoms. The quantitative estimate of drug-likeness (QED) is 0.334. The number of fused-ring (bicyclic) bond motifs is 3. The van der Waals surface area contributed by atoms with Crippen LogP contribution in [0.15, 0.2) is 36.7 Å². The highest BCUT2D eigenvalue weighted by atomic mass is 32.1. The highest BCUT2D eigenvalue weighted by Crippen LogP contribution is 2.39. The second-order valence-corrected chi connectivity index (χ2v) is 7.58. The van der Waals surface area contributed by atoms with Gasteiger partial charge in [0.1, 0.15) is 4.70 Å². The van der Waals surface area contributed by atoms with E-state index in [1.807, 2.05) is 31.6 Å². The number of nitrogens with zero attached hydrogens (tertiary/aromatic N) is 3. The fraction of sp³-hybridized carbons (Fsp3) is 0.190. The van der Waals surface area contributed by atoms with Crippen LogP contribution in [-0.2, 0) is 7.05 Å². The van der Waals surface area contributed by atoms with Crippen LogP contribution in [0.1, 0.15) is 16.7 Å². The van der Waals surface area contributed by atoms with Gasteiger partial charge in [0.2, 0.25) is 5.52 Å². The lowest BCUT2D eigenvalue weighted by Gasteiger charge is -2.11. The van der Waals surface area contributed by atoms with Crippen molar-refractivity contribution in [1.29, 1.82) is 0 Å². The zero-order valence-electron chi connectivity index (χ0n) is 14.7. The number of rotatable bonds is 1. The Morgan fingerprint density at radius 2 is 1.92 bits per heavy atom. The van der Waals surface area contributed by atoms with Crippen LogP contribution in [0.4, 0.5) is 5.69 Å². The van der Waals surface area contributed by atoms with Crippen LogP contribution >= 0.6 is 11.3 Å². The van der Waals surface area contributed by atoms with E-state index < -0.39 is 0 Å². The second-order valence-electron chi connectivity index (χ2n) is 6.53. The monoisotopic (exact) mass is 344 g/mol. The van der Waals surface area contributed by atoms with E-state index in [1.54, 1.807) is 11.3 Å². The SMILES string of the molecule is [C-]#[N+]c1ccc2c(c1)sc1c(-c3cc(C)cc(C)c3C)[n+](C)cnc12. The molecule has 4 heteroatoms. The van der Waals surface area contributed by atoms with Gasteiger partial charge in [0.05, 0.1) is 13.6 Å². The first-order chi connectivity index (χ1) is 12.0. The Kier molecular flexibility index (Phi) is 3.55. The largest absolute Gasteiger partial charge is 0.287 e. The van der Waals surface area contributed by atoms with Gasteiger partial charge in [-0.05, 0) is 49.0 Å². The summed E-state index contributed by atoms with van der Waals surface area (Å²) in [5.74, 6) is 0. The molecule has 0 bridgehead atoms. The lowest BCUT2D eigenvalue weighted by molar-refractivity contribution is -0.662. The van der Waals surface area contributed by atoms with Crippen LogP contribution in [0.2, 0.25) is 0 Å². The van der Waals surface area contributed by atoms with Crippen molar-refractivity contribution in [3.8, 4) is 11.3 Å². The zero-order valence-corrected chi connectivity index (χ0v) is 15.5. The van der Waals surface area contributed by atoms with Crippen LogP contribution < -0.4 is 4.57 Å². The first kappa shape index (κ1) is 15.7. The third kappa shape index (κ3) is 2.40. The number of benzene rings is 2. The Labute approximate surface area is 151 Å². The molecule has 0 saturated heterocycles. The lowest BCUT2D eigenvalue weighted by Crippen LogP contribution is -2.31. The molecule has 0 saturated carbocycles. The molecule has 0 aliphatic rings. The fourth-order valence-corrected chi connectivity index (χ4v) is 4.67. The maximum atomic E-state index is 7.25. The zero-order chi connectivity index (χ0) is 17.7. The third-order valence-electron chi connectivity index (χ3n) is 4.77. The number of hydrogen-bond donors (Lipinski definition) is 0. The van der Waals surface area contributed by atoms with Crippen molar-refractivity contribution in [2.75, 3.05) is 0 Å². The van der Waals surface area contributed by atoms with Gasteiger partial charge in [-0.25, -0.2) is 9.41 Å². The summed E-state index contributed by atoms with van der Waals surface area (Å²) in [6.07, 6.45) is 1.89. The van der Waals surface area contributed by atoms with E-state index in [9.17, 15) is 0 Å². The van der Waals surface area contributed by atoms with Crippen molar-refractivity contribution < 1.29 is 4.57 Å². The summed E-state index contributed by atoms with van der Waals surface area (Å²) < 4.78 is 4.40. The van der Waals surface area contributed by atoms with Gasteiger partial charge in [0.25, 0.3) is 6.33 Å². The molecule has 0 spiro atoms. The first-order valence-corrected chi connectivity index (χ1v) is 8.98. The predicted octanol–water partition coefficient (Wildman–Crippen LogP) is 5.42. The van der Waals surface area contributed by atoms with Crippen LogP contribution in [-0.4, -0.2) is 4.98 Å². The average molecular weight is 344 g/mol. The Morgan fingerprint density at radius 1 is 1.12 bits per heavy atom. The third-order valence-corrected chi connectivity index (χ3v) is 5.92. The summed E-state index contributed by atoms with van der Waals surface area (Å²) in [6.45, 7) is 13.7. The number of hydrogen-bond acceptors (Lipinski definition) is 2. The normalized spacial score (nSPS) is 11.2. The maximum absolute atomic E-state index is 7.25. The van der Waals surface area contributed by atoms with Crippen molar-refractivity contribution in [3.63, 3.8) is 0 Å². The van der Waals surface area contributed by atoms with Crippen molar-refractivity contribution >= 4 is 37.3 Å². The molecule has 122 valence electrons. The molecule has 4 aromatic rings. The minimum Gasteiger partial charge on any atom is -0.238 e. The molecule has 0 fully saturated rings. The van der Waals surface area contributed by atoms with E-state index in [4.69, 9.17) is 6.57 Å². The molecular formula is C21H18N3S+. The van der Waals surface area contributed by atoms with E-state index in [2.05, 4.69) is 47.3 Å². The molecule has 0 aliphatic heterocycles. The van der Waals surface area contributed by atoms with Gasteiger partial charge in [0, 0.05) is 15.6 Å². The van der Waals surface area contributed by atoms with Gasteiger partial charge in [-0.15, -0.1) is 11.3 Å².